The first-order valence-corrected chi connectivity index (χ1v) is 7.58. The summed E-state index contributed by atoms with van der Waals surface area (Å²) in [5, 5.41) is 17.7. The van der Waals surface area contributed by atoms with Gasteiger partial charge in [-0.25, -0.2) is 8.42 Å². The zero-order chi connectivity index (χ0) is 15.9. The minimum Gasteiger partial charge on any atom is -0.469 e. The molecule has 1 aromatic carbocycles. The Labute approximate surface area is 122 Å². The van der Waals surface area contributed by atoms with Crippen molar-refractivity contribution in [2.75, 3.05) is 17.6 Å². The average molecular weight is 307 g/mol. The largest absolute Gasteiger partial charge is 0.469 e. The Morgan fingerprint density at radius 2 is 1.95 bits per heavy atom. The maximum Gasteiger partial charge on any atom is 0.305 e. The van der Waals surface area contributed by atoms with Gasteiger partial charge in [0.25, 0.3) is 0 Å². The first-order chi connectivity index (χ1) is 9.91. The molecule has 0 aliphatic carbocycles. The fourth-order valence-electron chi connectivity index (χ4n) is 1.54. The standard InChI is InChI=1S/C13H13N3O4S/c1-20-13(17)3-2-6-21(18,19)16-12-5-4-10(8-14)11(7-12)9-15/h4-5,7,16H,2-3,6H2,1H3. The molecule has 1 N–H and O–H groups in total. The summed E-state index contributed by atoms with van der Waals surface area (Å²) in [4.78, 5) is 10.9. The molecule has 0 fully saturated rings. The summed E-state index contributed by atoms with van der Waals surface area (Å²) in [7, 11) is -2.40. The molecule has 0 amide bonds. The van der Waals surface area contributed by atoms with Crippen LogP contribution in [0.15, 0.2) is 18.2 Å². The molecule has 0 saturated carbocycles. The fourth-order valence-corrected chi connectivity index (χ4v) is 2.65. The van der Waals surface area contributed by atoms with Crippen LogP contribution < -0.4 is 4.72 Å². The molecule has 0 aromatic heterocycles. The number of benzene rings is 1. The van der Waals surface area contributed by atoms with Gasteiger partial charge >= 0.3 is 5.97 Å². The van der Waals surface area contributed by atoms with Gasteiger partial charge in [0.2, 0.25) is 10.0 Å². The van der Waals surface area contributed by atoms with Crippen molar-refractivity contribution >= 4 is 21.7 Å². The third kappa shape index (κ3) is 5.13. The topological polar surface area (TPSA) is 120 Å². The maximum atomic E-state index is 11.8. The van der Waals surface area contributed by atoms with Crippen LogP contribution in [0.25, 0.3) is 0 Å². The van der Waals surface area contributed by atoms with Crippen LogP contribution in [0.2, 0.25) is 0 Å². The summed E-state index contributed by atoms with van der Waals surface area (Å²) in [5.41, 5.74) is 0.460. The number of hydrogen-bond acceptors (Lipinski definition) is 6. The van der Waals surface area contributed by atoms with Crippen molar-refractivity contribution < 1.29 is 17.9 Å². The molecule has 0 saturated heterocycles. The average Bonchev–Trinajstić information content (AvgIpc) is 2.46. The Hall–Kier alpha value is -2.58. The van der Waals surface area contributed by atoms with Gasteiger partial charge in [0.05, 0.1) is 24.0 Å². The molecule has 0 atom stereocenters. The van der Waals surface area contributed by atoms with Crippen molar-refractivity contribution in [1.29, 1.82) is 10.5 Å². The van der Waals surface area contributed by atoms with Crippen molar-refractivity contribution in [2.24, 2.45) is 0 Å². The van der Waals surface area contributed by atoms with E-state index < -0.39 is 16.0 Å². The second-order valence-electron chi connectivity index (χ2n) is 4.08. The Balaban J connectivity index is 2.74. The predicted molar refractivity (Wildman–Crippen MR) is 74.5 cm³/mol. The molecule has 1 rings (SSSR count). The van der Waals surface area contributed by atoms with Gasteiger partial charge in [-0.2, -0.15) is 10.5 Å². The summed E-state index contributed by atoms with van der Waals surface area (Å²) >= 11 is 0. The molecule has 0 unspecified atom stereocenters. The van der Waals surface area contributed by atoms with Gasteiger partial charge in [0.1, 0.15) is 12.1 Å². The molecule has 0 aliphatic rings. The van der Waals surface area contributed by atoms with E-state index in [1.165, 1.54) is 25.3 Å². The van der Waals surface area contributed by atoms with Crippen LogP contribution >= 0.6 is 0 Å². The third-order valence-electron chi connectivity index (χ3n) is 2.56. The molecule has 0 bridgehead atoms. The number of carbonyl (C=O) groups excluding carboxylic acids is 1. The molecule has 1 aromatic rings. The highest BCUT2D eigenvalue weighted by Gasteiger charge is 2.13. The third-order valence-corrected chi connectivity index (χ3v) is 3.93. The number of hydrogen-bond donors (Lipinski definition) is 1. The number of ether oxygens (including phenoxy) is 1. The van der Waals surface area contributed by atoms with E-state index in [2.05, 4.69) is 9.46 Å². The van der Waals surface area contributed by atoms with E-state index in [1.54, 1.807) is 0 Å². The Morgan fingerprint density at radius 1 is 1.29 bits per heavy atom. The Kier molecular flexibility index (Phi) is 5.70. The van der Waals surface area contributed by atoms with Gasteiger partial charge in [-0.05, 0) is 24.6 Å². The molecule has 21 heavy (non-hydrogen) atoms. The first kappa shape index (κ1) is 16.5. The number of sulfonamides is 1. The van der Waals surface area contributed by atoms with Crippen LogP contribution in [0, 0.1) is 22.7 Å². The van der Waals surface area contributed by atoms with E-state index in [-0.39, 0.29) is 35.4 Å². The molecular formula is C13H13N3O4S. The summed E-state index contributed by atoms with van der Waals surface area (Å²) < 4.78 is 30.3. The predicted octanol–water partition coefficient (Wildman–Crippen LogP) is 1.12. The van der Waals surface area contributed by atoms with Gasteiger partial charge in [-0.15, -0.1) is 0 Å². The zero-order valence-electron chi connectivity index (χ0n) is 11.3. The van der Waals surface area contributed by atoms with Gasteiger partial charge in [0.15, 0.2) is 0 Å². The smallest absolute Gasteiger partial charge is 0.305 e. The molecule has 0 radical (unpaired) electrons. The number of esters is 1. The molecule has 110 valence electrons. The SMILES string of the molecule is COC(=O)CCCS(=O)(=O)Nc1ccc(C#N)c(C#N)c1. The lowest BCUT2D eigenvalue weighted by molar-refractivity contribution is -0.140. The summed E-state index contributed by atoms with van der Waals surface area (Å²) in [6.45, 7) is 0. The fraction of sp³-hybridized carbons (Fsp3) is 0.308. The van der Waals surface area contributed by atoms with Crippen molar-refractivity contribution in [1.82, 2.24) is 0 Å². The zero-order valence-corrected chi connectivity index (χ0v) is 12.1. The monoisotopic (exact) mass is 307 g/mol. The van der Waals surface area contributed by atoms with Crippen LogP contribution in [0.1, 0.15) is 24.0 Å². The van der Waals surface area contributed by atoms with E-state index in [0.29, 0.717) is 0 Å². The van der Waals surface area contributed by atoms with Gasteiger partial charge in [-0.3, -0.25) is 9.52 Å². The highest BCUT2D eigenvalue weighted by molar-refractivity contribution is 7.92. The van der Waals surface area contributed by atoms with Gasteiger partial charge < -0.3 is 4.74 Å². The van der Waals surface area contributed by atoms with Crippen LogP contribution in [0.4, 0.5) is 5.69 Å². The molecule has 0 aliphatic heterocycles. The van der Waals surface area contributed by atoms with Crippen molar-refractivity contribution in [2.45, 2.75) is 12.8 Å². The second-order valence-corrected chi connectivity index (χ2v) is 5.93. The lowest BCUT2D eigenvalue weighted by Crippen LogP contribution is -2.17. The number of nitrogens with zero attached hydrogens (tertiary/aromatic N) is 2. The van der Waals surface area contributed by atoms with Crippen molar-refractivity contribution in [3.63, 3.8) is 0 Å². The Bertz CT molecular complexity index is 714. The van der Waals surface area contributed by atoms with Crippen molar-refractivity contribution in [3.8, 4) is 12.1 Å². The normalized spacial score (nSPS) is 10.2. The minimum atomic E-state index is -3.63. The minimum absolute atomic E-state index is 0.00816. The highest BCUT2D eigenvalue weighted by atomic mass is 32.2. The lowest BCUT2D eigenvalue weighted by atomic mass is 10.1. The van der Waals surface area contributed by atoms with E-state index in [9.17, 15) is 13.2 Å². The highest BCUT2D eigenvalue weighted by Crippen LogP contribution is 2.16. The molecule has 0 heterocycles. The second kappa shape index (κ2) is 7.27. The van der Waals surface area contributed by atoms with Crippen LogP contribution in [-0.2, 0) is 19.6 Å². The van der Waals surface area contributed by atoms with Crippen molar-refractivity contribution in [3.05, 3.63) is 29.3 Å². The molecule has 0 spiro atoms. The summed E-state index contributed by atoms with van der Waals surface area (Å²) in [5.74, 6) is -0.723. The van der Waals surface area contributed by atoms with Crippen LogP contribution in [0.3, 0.4) is 0 Å². The first-order valence-electron chi connectivity index (χ1n) is 5.93. The number of anilines is 1. The van der Waals surface area contributed by atoms with Crippen LogP contribution in [-0.4, -0.2) is 27.2 Å². The van der Waals surface area contributed by atoms with E-state index in [0.717, 1.165) is 0 Å². The van der Waals surface area contributed by atoms with E-state index in [1.807, 2.05) is 12.1 Å². The number of nitriles is 2. The number of methoxy groups -OCH3 is 1. The lowest BCUT2D eigenvalue weighted by Gasteiger charge is -2.08. The van der Waals surface area contributed by atoms with E-state index >= 15 is 0 Å². The summed E-state index contributed by atoms with van der Waals surface area (Å²) in [6, 6.07) is 7.71. The molecule has 7 nitrogen and oxygen atoms in total. The van der Waals surface area contributed by atoms with Gasteiger partial charge in [-0.1, -0.05) is 0 Å². The van der Waals surface area contributed by atoms with Crippen LogP contribution in [0.5, 0.6) is 0 Å². The quantitative estimate of drug-likeness (QED) is 0.786. The summed E-state index contributed by atoms with van der Waals surface area (Å²) in [6.07, 6.45) is 0.137. The number of carbonyl (C=O) groups is 1. The van der Waals surface area contributed by atoms with E-state index in [4.69, 9.17) is 10.5 Å². The molecular weight excluding hydrogens is 294 g/mol. The Morgan fingerprint density at radius 3 is 2.52 bits per heavy atom. The maximum absolute atomic E-state index is 11.8. The van der Waals surface area contributed by atoms with Gasteiger partial charge in [0, 0.05) is 12.1 Å². The number of rotatable bonds is 6. The number of nitrogens with one attached hydrogen (secondary N) is 1. The molecule has 8 heteroatoms.